The summed E-state index contributed by atoms with van der Waals surface area (Å²) in [5.74, 6) is 0.171. The normalized spacial score (nSPS) is 14.2. The van der Waals surface area contributed by atoms with Gasteiger partial charge < -0.3 is 14.8 Å². The average Bonchev–Trinajstić information content (AvgIpc) is 3.14. The molecule has 0 unspecified atom stereocenters. The predicted octanol–water partition coefficient (Wildman–Crippen LogP) is 3.28. The van der Waals surface area contributed by atoms with Crippen molar-refractivity contribution in [1.29, 1.82) is 0 Å². The van der Waals surface area contributed by atoms with Crippen LogP contribution < -0.4 is 10.2 Å². The number of aromatic amines is 1. The molecular weight excluding hydrogens is 390 g/mol. The number of para-hydroxylation sites is 2. The number of anilines is 2. The van der Waals surface area contributed by atoms with Crippen molar-refractivity contribution in [3.05, 3.63) is 53.6 Å². The summed E-state index contributed by atoms with van der Waals surface area (Å²) in [6, 6.07) is 15.3. The van der Waals surface area contributed by atoms with Gasteiger partial charge in [-0.2, -0.15) is 0 Å². The van der Waals surface area contributed by atoms with Gasteiger partial charge in [0.05, 0.1) is 11.0 Å². The minimum Gasteiger partial charge on any atom is -0.368 e. The lowest BCUT2D eigenvalue weighted by atomic mass is 10.2. The Morgan fingerprint density at radius 2 is 1.83 bits per heavy atom. The van der Waals surface area contributed by atoms with Gasteiger partial charge in [0, 0.05) is 49.7 Å². The van der Waals surface area contributed by atoms with Crippen LogP contribution in [0.25, 0.3) is 11.0 Å². The molecule has 0 saturated carbocycles. The molecule has 4 rings (SSSR count). The molecule has 7 nitrogen and oxygen atoms in total. The maximum absolute atomic E-state index is 12.5. The van der Waals surface area contributed by atoms with Gasteiger partial charge >= 0.3 is 0 Å². The molecule has 1 aliphatic heterocycles. The largest absolute Gasteiger partial charge is 0.368 e. The Labute approximate surface area is 173 Å². The lowest BCUT2D eigenvalue weighted by Gasteiger charge is -2.36. The minimum atomic E-state index is -0.227. The SMILES string of the molecule is O=C(CCC(=O)N1CCN(c2cccc(Cl)c2)CC1)Nc1nc2ccccc2[nH]1. The van der Waals surface area contributed by atoms with Crippen LogP contribution in [0.5, 0.6) is 0 Å². The standard InChI is InChI=1S/C21H22ClN5O2/c22-15-4-3-5-16(14-15)26-10-12-27(13-11-26)20(29)9-8-19(28)25-21-23-17-6-1-2-7-18(17)24-21/h1-7,14H,8-13H2,(H2,23,24,25,28). The Morgan fingerprint density at radius 1 is 1.03 bits per heavy atom. The van der Waals surface area contributed by atoms with E-state index in [-0.39, 0.29) is 24.7 Å². The van der Waals surface area contributed by atoms with E-state index in [0.29, 0.717) is 24.1 Å². The van der Waals surface area contributed by atoms with Gasteiger partial charge in [-0.05, 0) is 30.3 Å². The number of hydrogen-bond donors (Lipinski definition) is 2. The molecule has 0 spiro atoms. The number of H-pyrrole nitrogens is 1. The lowest BCUT2D eigenvalue weighted by molar-refractivity contribution is -0.133. The van der Waals surface area contributed by atoms with Gasteiger partial charge in [-0.15, -0.1) is 0 Å². The highest BCUT2D eigenvalue weighted by atomic mass is 35.5. The van der Waals surface area contributed by atoms with Crippen LogP contribution in [0, 0.1) is 0 Å². The van der Waals surface area contributed by atoms with E-state index in [0.717, 1.165) is 29.8 Å². The molecule has 2 N–H and O–H groups in total. The molecule has 0 atom stereocenters. The third-order valence-corrected chi connectivity index (χ3v) is 5.25. The second-order valence-electron chi connectivity index (χ2n) is 7.00. The highest BCUT2D eigenvalue weighted by molar-refractivity contribution is 6.30. The molecule has 0 aliphatic carbocycles. The summed E-state index contributed by atoms with van der Waals surface area (Å²) in [6.07, 6.45) is 0.313. The summed E-state index contributed by atoms with van der Waals surface area (Å²) >= 11 is 6.06. The Kier molecular flexibility index (Phi) is 5.67. The third-order valence-electron chi connectivity index (χ3n) is 5.02. The van der Waals surface area contributed by atoms with E-state index in [9.17, 15) is 9.59 Å². The Balaban J connectivity index is 1.24. The van der Waals surface area contributed by atoms with Crippen LogP contribution >= 0.6 is 11.6 Å². The van der Waals surface area contributed by atoms with Gasteiger partial charge in [0.1, 0.15) is 0 Å². The topological polar surface area (TPSA) is 81.3 Å². The maximum atomic E-state index is 12.5. The molecule has 1 fully saturated rings. The fourth-order valence-corrected chi connectivity index (χ4v) is 3.66. The van der Waals surface area contributed by atoms with Crippen LogP contribution in [-0.4, -0.2) is 52.9 Å². The summed E-state index contributed by atoms with van der Waals surface area (Å²) < 4.78 is 0. The highest BCUT2D eigenvalue weighted by Gasteiger charge is 2.22. The number of carbonyl (C=O) groups is 2. The van der Waals surface area contributed by atoms with Gasteiger partial charge in [-0.3, -0.25) is 14.9 Å². The number of nitrogens with one attached hydrogen (secondary N) is 2. The number of nitrogens with zero attached hydrogens (tertiary/aromatic N) is 3. The monoisotopic (exact) mass is 411 g/mol. The van der Waals surface area contributed by atoms with Gasteiger partial charge in [0.25, 0.3) is 0 Å². The fraction of sp³-hybridized carbons (Fsp3) is 0.286. The molecule has 2 heterocycles. The third kappa shape index (κ3) is 4.68. The number of halogens is 1. The van der Waals surface area contributed by atoms with Gasteiger partial charge in [-0.25, -0.2) is 4.98 Å². The minimum absolute atomic E-state index is 0.00417. The smallest absolute Gasteiger partial charge is 0.227 e. The van der Waals surface area contributed by atoms with Crippen LogP contribution in [0.3, 0.4) is 0 Å². The molecule has 3 aromatic rings. The van der Waals surface area contributed by atoms with E-state index >= 15 is 0 Å². The van der Waals surface area contributed by atoms with Crippen molar-refractivity contribution in [1.82, 2.24) is 14.9 Å². The van der Waals surface area contributed by atoms with E-state index in [2.05, 4.69) is 20.2 Å². The highest BCUT2D eigenvalue weighted by Crippen LogP contribution is 2.21. The van der Waals surface area contributed by atoms with Crippen molar-refractivity contribution in [2.75, 3.05) is 36.4 Å². The predicted molar refractivity (Wildman–Crippen MR) is 114 cm³/mol. The van der Waals surface area contributed by atoms with Crippen LogP contribution in [0.15, 0.2) is 48.5 Å². The first-order valence-electron chi connectivity index (χ1n) is 9.61. The van der Waals surface area contributed by atoms with Crippen LogP contribution in [0.4, 0.5) is 11.6 Å². The molecule has 0 bridgehead atoms. The molecule has 1 aromatic heterocycles. The zero-order valence-corrected chi connectivity index (χ0v) is 16.7. The van der Waals surface area contributed by atoms with Crippen molar-refractivity contribution < 1.29 is 9.59 Å². The molecule has 1 aliphatic rings. The van der Waals surface area contributed by atoms with Crippen molar-refractivity contribution >= 4 is 46.1 Å². The first kappa shape index (κ1) is 19.3. The number of benzene rings is 2. The van der Waals surface area contributed by atoms with Crippen LogP contribution in [0.2, 0.25) is 5.02 Å². The number of carbonyl (C=O) groups excluding carboxylic acids is 2. The summed E-state index contributed by atoms with van der Waals surface area (Å²) in [5.41, 5.74) is 2.71. The fourth-order valence-electron chi connectivity index (χ4n) is 3.47. The molecule has 1 saturated heterocycles. The second kappa shape index (κ2) is 8.53. The zero-order valence-electron chi connectivity index (χ0n) is 15.9. The molecule has 29 heavy (non-hydrogen) atoms. The Morgan fingerprint density at radius 3 is 2.59 bits per heavy atom. The number of piperazine rings is 1. The molecule has 150 valence electrons. The first-order chi connectivity index (χ1) is 14.1. The van der Waals surface area contributed by atoms with Crippen molar-refractivity contribution in [2.24, 2.45) is 0 Å². The Bertz CT molecular complexity index is 994. The molecule has 8 heteroatoms. The lowest BCUT2D eigenvalue weighted by Crippen LogP contribution is -2.48. The number of hydrogen-bond acceptors (Lipinski definition) is 4. The molecule has 0 radical (unpaired) electrons. The molecule has 2 amide bonds. The summed E-state index contributed by atoms with van der Waals surface area (Å²) in [7, 11) is 0. The van der Waals surface area contributed by atoms with E-state index in [4.69, 9.17) is 11.6 Å². The van der Waals surface area contributed by atoms with Gasteiger partial charge in [0.15, 0.2) is 0 Å². The second-order valence-corrected chi connectivity index (χ2v) is 7.43. The average molecular weight is 412 g/mol. The van der Waals surface area contributed by atoms with Crippen LogP contribution in [0.1, 0.15) is 12.8 Å². The number of aromatic nitrogens is 2. The maximum Gasteiger partial charge on any atom is 0.227 e. The molecule has 2 aromatic carbocycles. The van der Waals surface area contributed by atoms with Crippen molar-refractivity contribution in [3.8, 4) is 0 Å². The number of fused-ring (bicyclic) bond motifs is 1. The van der Waals surface area contributed by atoms with E-state index in [1.54, 1.807) is 0 Å². The van der Waals surface area contributed by atoms with Crippen molar-refractivity contribution in [3.63, 3.8) is 0 Å². The Hall–Kier alpha value is -3.06. The van der Waals surface area contributed by atoms with E-state index < -0.39 is 0 Å². The summed E-state index contributed by atoms with van der Waals surface area (Å²) in [5, 5.41) is 3.43. The van der Waals surface area contributed by atoms with E-state index in [1.807, 2.05) is 53.4 Å². The van der Waals surface area contributed by atoms with Crippen LogP contribution in [-0.2, 0) is 9.59 Å². The quantitative estimate of drug-likeness (QED) is 0.675. The van der Waals surface area contributed by atoms with Gasteiger partial charge in [0.2, 0.25) is 17.8 Å². The zero-order chi connectivity index (χ0) is 20.2. The first-order valence-corrected chi connectivity index (χ1v) is 9.99. The number of rotatable bonds is 5. The number of imidazole rings is 1. The molecular formula is C21H22ClN5O2. The van der Waals surface area contributed by atoms with E-state index in [1.165, 1.54) is 0 Å². The van der Waals surface area contributed by atoms with Gasteiger partial charge in [-0.1, -0.05) is 29.8 Å². The summed E-state index contributed by atoms with van der Waals surface area (Å²) in [4.78, 5) is 36.0. The van der Waals surface area contributed by atoms with Crippen molar-refractivity contribution in [2.45, 2.75) is 12.8 Å². The number of amides is 2. The summed E-state index contributed by atoms with van der Waals surface area (Å²) in [6.45, 7) is 2.77.